The molecule has 0 unspecified atom stereocenters. The topological polar surface area (TPSA) is 47.6 Å². The van der Waals surface area contributed by atoms with Gasteiger partial charge < -0.3 is 14.8 Å². The highest BCUT2D eigenvalue weighted by Gasteiger charge is 2.69. The molecule has 0 spiro atoms. The molecule has 4 rings (SSSR count). The number of nitrogens with one attached hydrogen (secondary N) is 1. The molecule has 0 aromatic heterocycles. The lowest BCUT2D eigenvalue weighted by Crippen LogP contribution is -2.46. The lowest BCUT2D eigenvalue weighted by atomic mass is 9.68. The Morgan fingerprint density at radius 2 is 1.92 bits per heavy atom. The third-order valence-corrected chi connectivity index (χ3v) is 5.67. The second-order valence-electron chi connectivity index (χ2n) is 6.96. The summed E-state index contributed by atoms with van der Waals surface area (Å²) in [6.07, 6.45) is 1.24. The first-order chi connectivity index (χ1) is 12.2. The molecule has 130 valence electrons. The normalized spacial score (nSPS) is 29.9. The van der Waals surface area contributed by atoms with E-state index in [0.717, 1.165) is 11.1 Å². The molecule has 2 aromatic rings. The summed E-state index contributed by atoms with van der Waals surface area (Å²) in [6, 6.07) is 18.3. The highest BCUT2D eigenvalue weighted by Crippen LogP contribution is 2.63. The molecule has 3 atom stereocenters. The zero-order chi connectivity index (χ0) is 17.5. The van der Waals surface area contributed by atoms with Gasteiger partial charge in [0.1, 0.15) is 11.0 Å². The molecule has 1 N–H and O–H groups in total. The summed E-state index contributed by atoms with van der Waals surface area (Å²) >= 11 is 0. The predicted molar refractivity (Wildman–Crippen MR) is 95.2 cm³/mol. The summed E-state index contributed by atoms with van der Waals surface area (Å²) in [5.41, 5.74) is 1.75. The Kier molecular flexibility index (Phi) is 3.89. The number of carbonyl (C=O) groups excluding carboxylic acids is 1. The molecule has 1 aliphatic carbocycles. The minimum absolute atomic E-state index is 0.0438. The monoisotopic (exact) mass is 337 g/mol. The van der Waals surface area contributed by atoms with E-state index in [0.29, 0.717) is 19.4 Å². The molecule has 0 saturated carbocycles. The number of benzene rings is 2. The Morgan fingerprint density at radius 1 is 1.20 bits per heavy atom. The average molecular weight is 337 g/mol. The van der Waals surface area contributed by atoms with E-state index in [2.05, 4.69) is 29.6 Å². The van der Waals surface area contributed by atoms with Crippen LogP contribution in [0.2, 0.25) is 0 Å². The van der Waals surface area contributed by atoms with E-state index in [4.69, 9.17) is 9.47 Å². The fourth-order valence-electron chi connectivity index (χ4n) is 4.81. The highest BCUT2D eigenvalue weighted by molar-refractivity contribution is 5.83. The summed E-state index contributed by atoms with van der Waals surface area (Å²) < 4.78 is 12.0. The number of fused-ring (bicyclic) bond motifs is 3. The van der Waals surface area contributed by atoms with Gasteiger partial charge in [-0.3, -0.25) is 4.79 Å². The van der Waals surface area contributed by atoms with Crippen molar-refractivity contribution in [3.05, 3.63) is 71.3 Å². The van der Waals surface area contributed by atoms with Crippen molar-refractivity contribution in [2.24, 2.45) is 5.41 Å². The van der Waals surface area contributed by atoms with Gasteiger partial charge in [0.2, 0.25) is 0 Å². The Balaban J connectivity index is 1.98. The first-order valence-electron chi connectivity index (χ1n) is 8.73. The molecule has 0 amide bonds. The van der Waals surface area contributed by atoms with Gasteiger partial charge in [0, 0.05) is 6.54 Å². The van der Waals surface area contributed by atoms with Crippen molar-refractivity contribution in [2.45, 2.75) is 24.5 Å². The Hall–Kier alpha value is -2.17. The number of esters is 1. The zero-order valence-corrected chi connectivity index (χ0v) is 14.6. The third-order valence-electron chi connectivity index (χ3n) is 5.67. The third kappa shape index (κ3) is 2.11. The second-order valence-corrected chi connectivity index (χ2v) is 6.96. The van der Waals surface area contributed by atoms with Crippen LogP contribution in [-0.2, 0) is 26.3 Å². The fraction of sp³-hybridized carbons (Fsp3) is 0.381. The molecule has 1 saturated heterocycles. The summed E-state index contributed by atoms with van der Waals surface area (Å²) in [4.78, 5) is 13.1. The summed E-state index contributed by atoms with van der Waals surface area (Å²) in [6.45, 7) is 0.704. The van der Waals surface area contributed by atoms with Crippen molar-refractivity contribution < 1.29 is 14.3 Å². The molecule has 1 heterocycles. The van der Waals surface area contributed by atoms with Crippen LogP contribution in [0.4, 0.5) is 0 Å². The molecule has 1 fully saturated rings. The van der Waals surface area contributed by atoms with Crippen LogP contribution in [0.5, 0.6) is 0 Å². The van der Waals surface area contributed by atoms with E-state index < -0.39 is 11.0 Å². The quantitative estimate of drug-likeness (QED) is 0.872. The number of likely N-dealkylation sites (N-methyl/N-ethyl adjacent to an activating group) is 1. The van der Waals surface area contributed by atoms with Gasteiger partial charge in [-0.05, 0) is 36.6 Å². The molecule has 1 aliphatic heterocycles. The van der Waals surface area contributed by atoms with Gasteiger partial charge in [0.15, 0.2) is 0 Å². The maximum atomic E-state index is 13.1. The van der Waals surface area contributed by atoms with Gasteiger partial charge in [0.25, 0.3) is 0 Å². The Morgan fingerprint density at radius 3 is 2.64 bits per heavy atom. The van der Waals surface area contributed by atoms with E-state index >= 15 is 0 Å². The van der Waals surface area contributed by atoms with E-state index in [1.54, 1.807) is 0 Å². The number of hydrogen-bond acceptors (Lipinski definition) is 4. The number of rotatable bonds is 4. The summed E-state index contributed by atoms with van der Waals surface area (Å²) in [5.74, 6) is -0.189. The average Bonchev–Trinajstić information content (AvgIpc) is 3.11. The van der Waals surface area contributed by atoms with Crippen LogP contribution in [0.3, 0.4) is 0 Å². The van der Waals surface area contributed by atoms with Crippen LogP contribution in [0.25, 0.3) is 0 Å². The van der Waals surface area contributed by atoms with Crippen LogP contribution in [-0.4, -0.2) is 32.8 Å². The van der Waals surface area contributed by atoms with E-state index in [1.807, 2.05) is 37.4 Å². The summed E-state index contributed by atoms with van der Waals surface area (Å²) in [5, 5.41) is 3.19. The number of ether oxygens (including phenoxy) is 2. The van der Waals surface area contributed by atoms with E-state index in [-0.39, 0.29) is 12.1 Å². The number of carbonyl (C=O) groups is 1. The molecular weight excluding hydrogens is 314 g/mol. The van der Waals surface area contributed by atoms with Gasteiger partial charge in [-0.25, -0.2) is 0 Å². The van der Waals surface area contributed by atoms with Gasteiger partial charge in [-0.15, -0.1) is 0 Å². The molecule has 4 heteroatoms. The lowest BCUT2D eigenvalue weighted by molar-refractivity contribution is -0.161. The van der Waals surface area contributed by atoms with Gasteiger partial charge in [-0.2, -0.15) is 0 Å². The molecule has 0 bridgehead atoms. The van der Waals surface area contributed by atoms with Crippen molar-refractivity contribution in [1.29, 1.82) is 0 Å². The molecule has 2 aliphatic rings. The van der Waals surface area contributed by atoms with Crippen molar-refractivity contribution in [3.8, 4) is 0 Å². The first kappa shape index (κ1) is 16.3. The Labute approximate surface area is 148 Å². The van der Waals surface area contributed by atoms with Crippen LogP contribution in [0.15, 0.2) is 54.6 Å². The van der Waals surface area contributed by atoms with Gasteiger partial charge in [0.05, 0.1) is 13.2 Å². The van der Waals surface area contributed by atoms with Crippen LogP contribution in [0, 0.1) is 5.41 Å². The molecule has 2 aromatic carbocycles. The minimum atomic E-state index is -0.792. The Bertz CT molecular complexity index is 791. The smallest absolute Gasteiger partial charge is 0.315 e. The highest BCUT2D eigenvalue weighted by atomic mass is 16.5. The SMILES string of the molecule is CNC[C@H]1C[C@]2(C(=O)OC)Cc3ccccc3[C@]2(c2ccccc2)O1. The van der Waals surface area contributed by atoms with Crippen molar-refractivity contribution in [3.63, 3.8) is 0 Å². The second kappa shape index (κ2) is 5.97. The fourth-order valence-corrected chi connectivity index (χ4v) is 4.81. The van der Waals surface area contributed by atoms with E-state index in [9.17, 15) is 4.79 Å². The van der Waals surface area contributed by atoms with Gasteiger partial charge in [-0.1, -0.05) is 54.6 Å². The zero-order valence-electron chi connectivity index (χ0n) is 14.6. The van der Waals surface area contributed by atoms with Crippen LogP contribution >= 0.6 is 0 Å². The maximum absolute atomic E-state index is 13.1. The van der Waals surface area contributed by atoms with Crippen molar-refractivity contribution in [2.75, 3.05) is 20.7 Å². The van der Waals surface area contributed by atoms with Gasteiger partial charge >= 0.3 is 5.97 Å². The minimum Gasteiger partial charge on any atom is -0.468 e. The van der Waals surface area contributed by atoms with E-state index in [1.165, 1.54) is 12.7 Å². The van der Waals surface area contributed by atoms with Crippen molar-refractivity contribution in [1.82, 2.24) is 5.32 Å². The largest absolute Gasteiger partial charge is 0.468 e. The molecule has 25 heavy (non-hydrogen) atoms. The standard InChI is InChI=1S/C21H23NO3/c1-22-14-17-13-20(19(23)24-2)12-15-8-6-7-11-18(15)21(20,25-17)16-9-4-3-5-10-16/h3-11,17,22H,12-14H2,1-2H3/t17-,20+,21+/m1/s1. The van der Waals surface area contributed by atoms with Crippen LogP contribution in [0.1, 0.15) is 23.1 Å². The van der Waals surface area contributed by atoms with Crippen LogP contribution < -0.4 is 5.32 Å². The first-order valence-corrected chi connectivity index (χ1v) is 8.73. The number of methoxy groups -OCH3 is 1. The number of hydrogen-bond donors (Lipinski definition) is 1. The molecule has 0 radical (unpaired) electrons. The molecular formula is C21H23NO3. The lowest BCUT2D eigenvalue weighted by Gasteiger charge is -2.38. The predicted octanol–water partition coefficient (Wildman–Crippen LogP) is 2.65. The maximum Gasteiger partial charge on any atom is 0.315 e. The summed E-state index contributed by atoms with van der Waals surface area (Å²) in [7, 11) is 3.38. The van der Waals surface area contributed by atoms with Crippen molar-refractivity contribution >= 4 is 5.97 Å². The molecule has 4 nitrogen and oxygen atoms in total.